The lowest BCUT2D eigenvalue weighted by atomic mass is 9.97. The van der Waals surface area contributed by atoms with Crippen molar-refractivity contribution in [2.75, 3.05) is 0 Å². The number of carbonyl (C=O) groups excluding carboxylic acids is 1. The molecule has 0 unspecified atom stereocenters. The highest BCUT2D eigenvalue weighted by Crippen LogP contribution is 2.24. The Morgan fingerprint density at radius 3 is 2.24 bits per heavy atom. The summed E-state index contributed by atoms with van der Waals surface area (Å²) in [6.45, 7) is 3.39. The molecule has 0 aliphatic heterocycles. The van der Waals surface area contributed by atoms with Gasteiger partial charge >= 0.3 is 0 Å². The van der Waals surface area contributed by atoms with Crippen LogP contribution in [0.5, 0.6) is 0 Å². The topological polar surface area (TPSA) is 75.9 Å². The van der Waals surface area contributed by atoms with Crippen molar-refractivity contribution < 1.29 is 13.2 Å². The average molecular weight is 492 g/mol. The van der Waals surface area contributed by atoms with Crippen LogP contribution in [0.3, 0.4) is 0 Å². The Hall–Kier alpha value is -2.35. The van der Waals surface area contributed by atoms with E-state index in [4.69, 9.17) is 11.6 Å². The van der Waals surface area contributed by atoms with Crippen molar-refractivity contribution in [3.8, 4) is 0 Å². The van der Waals surface area contributed by atoms with Gasteiger partial charge in [0.25, 0.3) is 10.0 Å². The minimum atomic E-state index is -4.01. The zero-order valence-corrected chi connectivity index (χ0v) is 18.7. The molecule has 2 aromatic carbocycles. The molecular formula is C21H16BrClN2O3S. The second kappa shape index (κ2) is 8.57. The van der Waals surface area contributed by atoms with Crippen LogP contribution in [0.15, 0.2) is 95.6 Å². The molecule has 0 heterocycles. The minimum Gasteiger partial charge on any atom is -0.288 e. The van der Waals surface area contributed by atoms with E-state index in [-0.39, 0.29) is 21.5 Å². The van der Waals surface area contributed by atoms with Crippen molar-refractivity contribution in [3.05, 3.63) is 86.9 Å². The summed E-state index contributed by atoms with van der Waals surface area (Å²) in [6.07, 6.45) is 1.38. The molecule has 148 valence electrons. The van der Waals surface area contributed by atoms with Crippen molar-refractivity contribution in [1.29, 1.82) is 0 Å². The molecule has 0 spiro atoms. The quantitative estimate of drug-likeness (QED) is 0.342. The van der Waals surface area contributed by atoms with Crippen molar-refractivity contribution >= 4 is 54.9 Å². The molecular weight excluding hydrogens is 476 g/mol. The van der Waals surface area contributed by atoms with Gasteiger partial charge in [0.05, 0.1) is 15.6 Å². The lowest BCUT2D eigenvalue weighted by Gasteiger charge is -2.15. The van der Waals surface area contributed by atoms with E-state index in [2.05, 4.69) is 25.3 Å². The molecule has 0 bridgehead atoms. The third-order valence-corrected chi connectivity index (χ3v) is 6.47. The second-order valence-corrected chi connectivity index (χ2v) is 9.20. The number of ketones is 1. The van der Waals surface area contributed by atoms with Crippen LogP contribution in [-0.4, -0.2) is 25.7 Å². The molecule has 2 aromatic rings. The molecule has 1 aliphatic carbocycles. The SMILES string of the molecule is CC1=CC(=O)C(Cl)=C(C)C1=N/C(=N/S(=O)(=O)c1ccc(Br)cc1)c1ccccc1. The first-order valence-corrected chi connectivity index (χ1v) is 11.1. The minimum absolute atomic E-state index is 0.00874. The molecule has 5 nitrogen and oxygen atoms in total. The van der Waals surface area contributed by atoms with Gasteiger partial charge in [0.2, 0.25) is 0 Å². The van der Waals surface area contributed by atoms with Gasteiger partial charge in [-0.1, -0.05) is 57.9 Å². The maximum atomic E-state index is 12.9. The van der Waals surface area contributed by atoms with Crippen LogP contribution in [0.2, 0.25) is 0 Å². The largest absolute Gasteiger partial charge is 0.288 e. The van der Waals surface area contributed by atoms with Crippen molar-refractivity contribution in [1.82, 2.24) is 0 Å². The first-order chi connectivity index (χ1) is 13.7. The highest BCUT2D eigenvalue weighted by Gasteiger charge is 2.22. The Morgan fingerprint density at radius 1 is 1.00 bits per heavy atom. The number of allylic oxidation sites excluding steroid dienone is 4. The molecule has 8 heteroatoms. The summed E-state index contributed by atoms with van der Waals surface area (Å²) in [6, 6.07) is 15.0. The van der Waals surface area contributed by atoms with E-state index in [9.17, 15) is 13.2 Å². The van der Waals surface area contributed by atoms with Crippen LogP contribution in [0.1, 0.15) is 19.4 Å². The summed E-state index contributed by atoms with van der Waals surface area (Å²) in [4.78, 5) is 16.4. The highest BCUT2D eigenvalue weighted by molar-refractivity contribution is 9.10. The van der Waals surface area contributed by atoms with Crippen LogP contribution in [0.4, 0.5) is 0 Å². The second-order valence-electron chi connectivity index (χ2n) is 6.30. The van der Waals surface area contributed by atoms with E-state index in [0.29, 0.717) is 22.4 Å². The number of amidine groups is 1. The van der Waals surface area contributed by atoms with Crippen molar-refractivity contribution in [2.24, 2.45) is 9.39 Å². The smallest absolute Gasteiger partial charge is 0.284 e. The molecule has 1 aliphatic rings. The number of aliphatic imine (C=N–C) groups is 1. The molecule has 0 aromatic heterocycles. The summed E-state index contributed by atoms with van der Waals surface area (Å²) in [5.41, 5.74) is 2.00. The Labute approximate surface area is 182 Å². The zero-order chi connectivity index (χ0) is 21.2. The van der Waals surface area contributed by atoms with Gasteiger partial charge in [-0.3, -0.25) is 4.79 Å². The predicted molar refractivity (Wildman–Crippen MR) is 119 cm³/mol. The van der Waals surface area contributed by atoms with Gasteiger partial charge in [0.15, 0.2) is 11.6 Å². The first kappa shape index (κ1) is 21.4. The van der Waals surface area contributed by atoms with Crippen LogP contribution >= 0.6 is 27.5 Å². The number of nitrogens with zero attached hydrogens (tertiary/aromatic N) is 2. The molecule has 0 saturated heterocycles. The van der Waals surface area contributed by atoms with Crippen LogP contribution in [-0.2, 0) is 14.8 Å². The Balaban J connectivity index is 2.19. The van der Waals surface area contributed by atoms with Crippen LogP contribution in [0.25, 0.3) is 0 Å². The highest BCUT2D eigenvalue weighted by atomic mass is 79.9. The Morgan fingerprint density at radius 2 is 1.62 bits per heavy atom. The number of carbonyl (C=O) groups is 1. The maximum absolute atomic E-state index is 12.9. The third kappa shape index (κ3) is 4.80. The molecule has 0 radical (unpaired) electrons. The predicted octanol–water partition coefficient (Wildman–Crippen LogP) is 5.07. The monoisotopic (exact) mass is 490 g/mol. The normalized spacial score (nSPS) is 17.0. The van der Waals surface area contributed by atoms with Crippen molar-refractivity contribution in [3.63, 3.8) is 0 Å². The zero-order valence-electron chi connectivity index (χ0n) is 15.6. The van der Waals surface area contributed by atoms with Gasteiger partial charge in [0.1, 0.15) is 0 Å². The average Bonchev–Trinajstić information content (AvgIpc) is 2.69. The van der Waals surface area contributed by atoms with E-state index in [1.54, 1.807) is 50.2 Å². The molecule has 0 amide bonds. The van der Waals surface area contributed by atoms with E-state index in [0.717, 1.165) is 4.47 Å². The standard InChI is InChI=1S/C21H16BrClN2O3S/c1-13-12-18(26)19(23)14(2)20(13)24-21(15-6-4-3-5-7-15)25-29(27,28)17-10-8-16(22)9-11-17/h3-12H,1-2H3/b24-20?,25-21+. The van der Waals surface area contributed by atoms with Gasteiger partial charge < -0.3 is 0 Å². The summed E-state index contributed by atoms with van der Waals surface area (Å²) in [7, 11) is -4.01. The third-order valence-electron chi connectivity index (χ3n) is 4.19. The number of halogens is 2. The summed E-state index contributed by atoms with van der Waals surface area (Å²) in [5, 5.41) is 0.0533. The first-order valence-electron chi connectivity index (χ1n) is 8.53. The van der Waals surface area contributed by atoms with Crippen LogP contribution < -0.4 is 0 Å². The van der Waals surface area contributed by atoms with E-state index < -0.39 is 10.0 Å². The molecule has 0 atom stereocenters. The fraction of sp³-hybridized carbons (Fsp3) is 0.0952. The van der Waals surface area contributed by atoms with Crippen LogP contribution in [0, 0.1) is 0 Å². The molecule has 0 N–H and O–H groups in total. The van der Waals surface area contributed by atoms with Gasteiger partial charge in [-0.05, 0) is 55.3 Å². The summed E-state index contributed by atoms with van der Waals surface area (Å²) < 4.78 is 30.5. The van der Waals surface area contributed by atoms with Gasteiger partial charge in [-0.2, -0.15) is 8.42 Å². The lowest BCUT2D eigenvalue weighted by molar-refractivity contribution is -0.110. The number of sulfonamides is 1. The molecule has 3 rings (SSSR count). The Bertz CT molecular complexity index is 1200. The van der Waals surface area contributed by atoms with E-state index >= 15 is 0 Å². The van der Waals surface area contributed by atoms with E-state index in [1.165, 1.54) is 18.2 Å². The summed E-state index contributed by atoms with van der Waals surface area (Å²) >= 11 is 9.38. The molecule has 0 saturated carbocycles. The Kier molecular flexibility index (Phi) is 6.31. The fourth-order valence-corrected chi connectivity index (χ4v) is 4.06. The molecule has 29 heavy (non-hydrogen) atoms. The summed E-state index contributed by atoms with van der Waals surface area (Å²) in [5.74, 6) is -0.296. The number of hydrogen-bond donors (Lipinski definition) is 0. The van der Waals surface area contributed by atoms with E-state index in [1.807, 2.05) is 6.07 Å². The number of benzene rings is 2. The fourth-order valence-electron chi connectivity index (χ4n) is 2.69. The maximum Gasteiger partial charge on any atom is 0.284 e. The lowest BCUT2D eigenvalue weighted by Crippen LogP contribution is -2.17. The van der Waals surface area contributed by atoms with Gasteiger partial charge in [-0.15, -0.1) is 4.40 Å². The number of hydrogen-bond acceptors (Lipinski definition) is 3. The number of rotatable bonds is 3. The molecule has 0 fully saturated rings. The van der Waals surface area contributed by atoms with Gasteiger partial charge in [0, 0.05) is 10.0 Å². The van der Waals surface area contributed by atoms with Crippen molar-refractivity contribution in [2.45, 2.75) is 18.7 Å². The van der Waals surface area contributed by atoms with Gasteiger partial charge in [-0.25, -0.2) is 4.99 Å².